The Morgan fingerprint density at radius 2 is 1.58 bits per heavy atom. The maximum absolute atomic E-state index is 13.6. The van der Waals surface area contributed by atoms with E-state index in [9.17, 15) is 4.79 Å². The summed E-state index contributed by atoms with van der Waals surface area (Å²) in [6.45, 7) is 10.5. The highest BCUT2D eigenvalue weighted by atomic mass is 16.7. The van der Waals surface area contributed by atoms with Crippen LogP contribution in [0.1, 0.15) is 56.5 Å². The van der Waals surface area contributed by atoms with Crippen molar-refractivity contribution >= 4 is 18.4 Å². The maximum Gasteiger partial charge on any atom is 0.494 e. The van der Waals surface area contributed by atoms with E-state index in [0.29, 0.717) is 13.2 Å². The fourth-order valence-corrected chi connectivity index (χ4v) is 5.31. The van der Waals surface area contributed by atoms with Crippen LogP contribution >= 0.6 is 0 Å². The van der Waals surface area contributed by atoms with Gasteiger partial charge in [0.1, 0.15) is 0 Å². The minimum absolute atomic E-state index is 0.0180. The van der Waals surface area contributed by atoms with Crippen molar-refractivity contribution < 1.29 is 18.8 Å². The summed E-state index contributed by atoms with van der Waals surface area (Å²) in [5.41, 5.74) is 2.17. The monoisotopic (exact) mass is 447 g/mol. The highest BCUT2D eigenvalue weighted by molar-refractivity contribution is 6.62. The normalized spacial score (nSPS) is 28.6. The third kappa shape index (κ3) is 4.42. The lowest BCUT2D eigenvalue weighted by molar-refractivity contribution is -0.0872. The minimum atomic E-state index is -0.455. The molecular weight excluding hydrogens is 413 g/mol. The van der Waals surface area contributed by atoms with E-state index in [0.717, 1.165) is 30.4 Å². The Bertz CT molecular complexity index is 978. The summed E-state index contributed by atoms with van der Waals surface area (Å²) in [5, 5.41) is 0. The average Bonchev–Trinajstić information content (AvgIpc) is 3.01. The van der Waals surface area contributed by atoms with Crippen LogP contribution in [0.2, 0.25) is 0 Å². The second-order valence-corrected chi connectivity index (χ2v) is 10.7. The first-order chi connectivity index (χ1) is 15.7. The largest absolute Gasteiger partial charge is 0.494 e. The third-order valence-corrected chi connectivity index (χ3v) is 7.95. The van der Waals surface area contributed by atoms with Crippen molar-refractivity contribution in [3.05, 3.63) is 65.7 Å². The van der Waals surface area contributed by atoms with Gasteiger partial charge in [0.15, 0.2) is 5.78 Å². The lowest BCUT2D eigenvalue weighted by atomic mass is 9.76. The summed E-state index contributed by atoms with van der Waals surface area (Å²) in [4.78, 5) is 16.1. The molecule has 0 spiro atoms. The van der Waals surface area contributed by atoms with Crippen molar-refractivity contribution in [1.29, 1.82) is 0 Å². The van der Waals surface area contributed by atoms with E-state index in [1.807, 2.05) is 52.0 Å². The summed E-state index contributed by atoms with van der Waals surface area (Å²) in [6.07, 6.45) is 1.67. The van der Waals surface area contributed by atoms with Crippen LogP contribution in [0, 0.1) is 5.92 Å². The Labute approximate surface area is 197 Å². The molecule has 3 heterocycles. The Morgan fingerprint density at radius 1 is 0.939 bits per heavy atom. The summed E-state index contributed by atoms with van der Waals surface area (Å²) in [6, 6.07) is 19.0. The van der Waals surface area contributed by atoms with Gasteiger partial charge >= 0.3 is 7.12 Å². The third-order valence-electron chi connectivity index (χ3n) is 7.95. The van der Waals surface area contributed by atoms with Crippen LogP contribution in [0.25, 0.3) is 0 Å². The van der Waals surface area contributed by atoms with Gasteiger partial charge in [0.25, 0.3) is 0 Å². The van der Waals surface area contributed by atoms with E-state index in [1.54, 1.807) is 0 Å². The zero-order valence-electron chi connectivity index (χ0n) is 20.1. The first-order valence-electron chi connectivity index (χ1n) is 12.1. The summed E-state index contributed by atoms with van der Waals surface area (Å²) >= 11 is 0. The Morgan fingerprint density at radius 3 is 2.21 bits per heavy atom. The van der Waals surface area contributed by atoms with Crippen LogP contribution in [0.15, 0.2) is 54.6 Å². The van der Waals surface area contributed by atoms with Crippen LogP contribution in [0.4, 0.5) is 0 Å². The molecule has 5 rings (SSSR count). The van der Waals surface area contributed by atoms with Crippen molar-refractivity contribution in [2.24, 2.45) is 5.92 Å². The first kappa shape index (κ1) is 22.8. The highest BCUT2D eigenvalue weighted by Gasteiger charge is 2.52. The number of ether oxygens (including phenoxy) is 1. The number of carbonyl (C=O) groups is 1. The minimum Gasteiger partial charge on any atom is -0.399 e. The number of fused-ring (bicyclic) bond motifs is 2. The zero-order valence-corrected chi connectivity index (χ0v) is 20.1. The molecule has 0 radical (unpaired) electrons. The van der Waals surface area contributed by atoms with E-state index < -0.39 is 18.3 Å². The molecule has 2 unspecified atom stereocenters. The number of nitrogens with zero attached hydrogens (tertiary/aromatic N) is 1. The standard InChI is InChI=1S/C27H34BNO4/c1-26(2)27(3,4)33-28(32-26)22-12-8-11-20(13-22)25(30)21-14-23-17-31-18-24(15-21)29(23)16-19-9-6-5-7-10-19/h5-13,21,23-24H,14-18H2,1-4H3. The first-order valence-corrected chi connectivity index (χ1v) is 12.1. The van der Waals surface area contributed by atoms with Crippen molar-refractivity contribution in [1.82, 2.24) is 4.90 Å². The lowest BCUT2D eigenvalue weighted by Crippen LogP contribution is -2.57. The molecule has 5 nitrogen and oxygen atoms in total. The molecular formula is C27H34BNO4. The molecule has 3 aliphatic rings. The number of rotatable bonds is 5. The van der Waals surface area contributed by atoms with Gasteiger partial charge in [-0.25, -0.2) is 0 Å². The average molecular weight is 447 g/mol. The summed E-state index contributed by atoms with van der Waals surface area (Å²) < 4.78 is 18.3. The quantitative estimate of drug-likeness (QED) is 0.515. The maximum atomic E-state index is 13.6. The van der Waals surface area contributed by atoms with Gasteiger partial charge in [-0.1, -0.05) is 54.6 Å². The molecule has 6 heteroatoms. The Hall–Kier alpha value is -1.99. The van der Waals surface area contributed by atoms with Gasteiger partial charge in [0.2, 0.25) is 0 Å². The molecule has 2 aromatic rings. The molecule has 3 fully saturated rings. The number of hydrogen-bond acceptors (Lipinski definition) is 5. The molecule has 2 bridgehead atoms. The van der Waals surface area contributed by atoms with E-state index in [4.69, 9.17) is 14.0 Å². The van der Waals surface area contributed by atoms with E-state index in [2.05, 4.69) is 35.2 Å². The predicted molar refractivity (Wildman–Crippen MR) is 130 cm³/mol. The summed E-state index contributed by atoms with van der Waals surface area (Å²) in [5.74, 6) is 0.245. The molecule has 0 aromatic heterocycles. The van der Waals surface area contributed by atoms with E-state index in [-0.39, 0.29) is 23.8 Å². The smallest absolute Gasteiger partial charge is 0.399 e. The van der Waals surface area contributed by atoms with Crippen LogP contribution in [-0.2, 0) is 20.6 Å². The van der Waals surface area contributed by atoms with Gasteiger partial charge in [-0.05, 0) is 51.6 Å². The number of morpholine rings is 1. The summed E-state index contributed by atoms with van der Waals surface area (Å²) in [7, 11) is -0.455. The molecule has 3 aliphatic heterocycles. The SMILES string of the molecule is CC1(C)OB(c2cccc(C(=O)C3CC4COCC(C3)N4Cc3ccccc3)c2)OC1(C)C. The van der Waals surface area contributed by atoms with Crippen molar-refractivity contribution in [3.63, 3.8) is 0 Å². The Balaban J connectivity index is 1.30. The van der Waals surface area contributed by atoms with Crippen LogP contribution in [-0.4, -0.2) is 54.3 Å². The van der Waals surface area contributed by atoms with Gasteiger partial charge in [0, 0.05) is 30.1 Å². The highest BCUT2D eigenvalue weighted by Crippen LogP contribution is 2.37. The molecule has 2 atom stereocenters. The van der Waals surface area contributed by atoms with Crippen LogP contribution < -0.4 is 5.46 Å². The second kappa shape index (κ2) is 8.66. The van der Waals surface area contributed by atoms with Crippen LogP contribution in [0.5, 0.6) is 0 Å². The predicted octanol–water partition coefficient (Wildman–Crippen LogP) is 3.85. The zero-order chi connectivity index (χ0) is 23.2. The van der Waals surface area contributed by atoms with E-state index in [1.165, 1.54) is 5.56 Å². The Kier molecular flexibility index (Phi) is 5.98. The van der Waals surface area contributed by atoms with Gasteiger partial charge in [-0.2, -0.15) is 0 Å². The molecule has 0 saturated carbocycles. The van der Waals surface area contributed by atoms with Gasteiger partial charge in [-0.15, -0.1) is 0 Å². The number of benzene rings is 2. The molecule has 2 aromatic carbocycles. The fraction of sp³-hybridized carbons (Fsp3) is 0.519. The second-order valence-electron chi connectivity index (χ2n) is 10.7. The number of ketones is 1. The number of hydrogen-bond donors (Lipinski definition) is 0. The molecule has 0 aliphatic carbocycles. The van der Waals surface area contributed by atoms with Crippen molar-refractivity contribution in [2.75, 3.05) is 13.2 Å². The number of piperidine rings is 1. The van der Waals surface area contributed by atoms with Gasteiger partial charge in [-0.3, -0.25) is 9.69 Å². The van der Waals surface area contributed by atoms with E-state index >= 15 is 0 Å². The topological polar surface area (TPSA) is 48.0 Å². The molecule has 33 heavy (non-hydrogen) atoms. The number of carbonyl (C=O) groups excluding carboxylic acids is 1. The van der Waals surface area contributed by atoms with Crippen molar-refractivity contribution in [3.8, 4) is 0 Å². The number of Topliss-reactive ketones (excluding diaryl/α,β-unsaturated/α-hetero) is 1. The van der Waals surface area contributed by atoms with Gasteiger partial charge in [0.05, 0.1) is 24.4 Å². The molecule has 0 amide bonds. The lowest BCUT2D eigenvalue weighted by Gasteiger charge is -2.48. The molecule has 174 valence electrons. The fourth-order valence-electron chi connectivity index (χ4n) is 5.31. The molecule has 0 N–H and O–H groups in total. The van der Waals surface area contributed by atoms with Gasteiger partial charge < -0.3 is 14.0 Å². The van der Waals surface area contributed by atoms with Crippen molar-refractivity contribution in [2.45, 2.75) is 70.4 Å². The van der Waals surface area contributed by atoms with Crippen LogP contribution in [0.3, 0.4) is 0 Å². The molecule has 3 saturated heterocycles.